The second kappa shape index (κ2) is 7.63. The van der Waals surface area contributed by atoms with Gasteiger partial charge in [0.1, 0.15) is 23.3 Å². The Morgan fingerprint density at radius 1 is 1.07 bits per heavy atom. The van der Waals surface area contributed by atoms with Crippen LogP contribution >= 0.6 is 0 Å². The fourth-order valence-corrected chi connectivity index (χ4v) is 3.76. The topological polar surface area (TPSA) is 83.6 Å². The van der Waals surface area contributed by atoms with Crippen LogP contribution in [0.15, 0.2) is 64.8 Å². The van der Waals surface area contributed by atoms with Crippen molar-refractivity contribution in [2.24, 2.45) is 0 Å². The lowest BCUT2D eigenvalue weighted by molar-refractivity contribution is -0.140. The van der Waals surface area contributed by atoms with Gasteiger partial charge in [-0.25, -0.2) is 0 Å². The molecule has 1 N–H and O–H groups in total. The molecule has 0 radical (unpaired) electrons. The minimum absolute atomic E-state index is 0.0390. The summed E-state index contributed by atoms with van der Waals surface area (Å²) in [6.07, 6.45) is 3.27. The van der Waals surface area contributed by atoms with Gasteiger partial charge in [0.15, 0.2) is 0 Å². The number of Topliss-reactive ketones (excluding diaryl/α,β-unsaturated/α-hetero) is 1. The average molecular weight is 402 g/mol. The van der Waals surface area contributed by atoms with Crippen molar-refractivity contribution in [2.75, 3.05) is 0 Å². The molecule has 1 amide bonds. The zero-order valence-corrected chi connectivity index (χ0v) is 17.0. The molecule has 1 saturated heterocycles. The number of benzene rings is 1. The first kappa shape index (κ1) is 19.6. The lowest BCUT2D eigenvalue weighted by Crippen LogP contribution is -2.29. The van der Waals surface area contributed by atoms with Gasteiger partial charge in [0.2, 0.25) is 0 Å². The van der Waals surface area contributed by atoms with Crippen LogP contribution in [0.5, 0.6) is 0 Å². The molecule has 1 aromatic carbocycles. The standard InChI is InChI=1S/C24H22N2O4/c1-14-4-5-15(2)18(12-14)22(27)20-21(19-7-6-16(3)30-19)26(24(29)23(20)28)13-17-8-10-25-11-9-17/h4-12,21,27H,13H2,1-3H3. The summed E-state index contributed by atoms with van der Waals surface area (Å²) in [4.78, 5) is 31.5. The molecule has 1 unspecified atom stereocenters. The van der Waals surface area contributed by atoms with E-state index in [1.807, 2.05) is 32.0 Å². The Hall–Kier alpha value is -3.67. The van der Waals surface area contributed by atoms with Crippen LogP contribution in [-0.2, 0) is 16.1 Å². The number of nitrogens with zero attached hydrogens (tertiary/aromatic N) is 2. The van der Waals surface area contributed by atoms with Gasteiger partial charge in [-0.05, 0) is 62.2 Å². The predicted molar refractivity (Wildman–Crippen MR) is 111 cm³/mol. The van der Waals surface area contributed by atoms with E-state index in [1.165, 1.54) is 4.90 Å². The van der Waals surface area contributed by atoms with E-state index in [2.05, 4.69) is 4.98 Å². The number of aromatic nitrogens is 1. The predicted octanol–water partition coefficient (Wildman–Crippen LogP) is 4.22. The van der Waals surface area contributed by atoms with E-state index < -0.39 is 17.7 Å². The Kier molecular flexibility index (Phi) is 4.99. The highest BCUT2D eigenvalue weighted by Crippen LogP contribution is 2.41. The minimum atomic E-state index is -0.813. The third-order valence-corrected chi connectivity index (χ3v) is 5.32. The summed E-state index contributed by atoms with van der Waals surface area (Å²) in [5.74, 6) is -0.482. The number of ketones is 1. The smallest absolute Gasteiger partial charge is 0.296 e. The molecule has 4 rings (SSSR count). The van der Waals surface area contributed by atoms with Gasteiger partial charge >= 0.3 is 0 Å². The van der Waals surface area contributed by atoms with Gasteiger partial charge in [0, 0.05) is 24.5 Å². The molecule has 152 valence electrons. The molecule has 6 heteroatoms. The molecule has 1 aliphatic heterocycles. The number of hydrogen-bond donors (Lipinski definition) is 1. The van der Waals surface area contributed by atoms with Gasteiger partial charge in [-0.2, -0.15) is 0 Å². The second-order valence-corrected chi connectivity index (χ2v) is 7.55. The Labute approximate surface area is 174 Å². The molecule has 0 saturated carbocycles. The van der Waals surface area contributed by atoms with Crippen LogP contribution in [-0.4, -0.2) is 26.7 Å². The molecule has 3 heterocycles. The lowest BCUT2D eigenvalue weighted by atomic mass is 9.96. The maximum absolute atomic E-state index is 13.0. The Balaban J connectivity index is 1.89. The summed E-state index contributed by atoms with van der Waals surface area (Å²) in [7, 11) is 0. The fraction of sp³-hybridized carbons (Fsp3) is 0.208. The SMILES string of the molecule is Cc1ccc(C)c(C(O)=C2C(=O)C(=O)N(Cc3ccncc3)C2c2ccc(C)o2)c1. The molecular formula is C24H22N2O4. The van der Waals surface area contributed by atoms with Crippen molar-refractivity contribution in [1.29, 1.82) is 0 Å². The molecule has 30 heavy (non-hydrogen) atoms. The fourth-order valence-electron chi connectivity index (χ4n) is 3.76. The number of amides is 1. The van der Waals surface area contributed by atoms with Crippen molar-refractivity contribution in [3.8, 4) is 0 Å². The van der Waals surface area contributed by atoms with Crippen LogP contribution in [0.1, 0.15) is 39.8 Å². The summed E-state index contributed by atoms with van der Waals surface area (Å²) < 4.78 is 5.80. The van der Waals surface area contributed by atoms with Crippen LogP contribution in [0, 0.1) is 20.8 Å². The molecule has 1 atom stereocenters. The largest absolute Gasteiger partial charge is 0.507 e. The van der Waals surface area contributed by atoms with Crippen LogP contribution in [0.2, 0.25) is 0 Å². The van der Waals surface area contributed by atoms with Crippen LogP contribution in [0.4, 0.5) is 0 Å². The maximum Gasteiger partial charge on any atom is 0.296 e. The molecule has 3 aromatic rings. The van der Waals surface area contributed by atoms with Crippen LogP contribution in [0.25, 0.3) is 5.76 Å². The third-order valence-electron chi connectivity index (χ3n) is 5.32. The van der Waals surface area contributed by atoms with Crippen LogP contribution < -0.4 is 0 Å². The average Bonchev–Trinajstić information content (AvgIpc) is 3.26. The van der Waals surface area contributed by atoms with E-state index in [4.69, 9.17) is 4.42 Å². The molecule has 6 nitrogen and oxygen atoms in total. The normalized spacial score (nSPS) is 18.2. The number of likely N-dealkylation sites (tertiary alicyclic amines) is 1. The van der Waals surface area contributed by atoms with E-state index in [0.29, 0.717) is 17.1 Å². The number of pyridine rings is 1. The van der Waals surface area contributed by atoms with Crippen molar-refractivity contribution in [2.45, 2.75) is 33.4 Å². The van der Waals surface area contributed by atoms with E-state index in [1.54, 1.807) is 43.6 Å². The van der Waals surface area contributed by atoms with E-state index in [-0.39, 0.29) is 17.9 Å². The van der Waals surface area contributed by atoms with Crippen LogP contribution in [0.3, 0.4) is 0 Å². The van der Waals surface area contributed by atoms with E-state index >= 15 is 0 Å². The van der Waals surface area contributed by atoms with Crippen molar-refractivity contribution in [3.63, 3.8) is 0 Å². The molecule has 1 aliphatic rings. The highest BCUT2D eigenvalue weighted by atomic mass is 16.3. The summed E-state index contributed by atoms with van der Waals surface area (Å²) in [5, 5.41) is 11.2. The number of rotatable bonds is 4. The number of furan rings is 1. The lowest BCUT2D eigenvalue weighted by Gasteiger charge is -2.23. The number of aryl methyl sites for hydroxylation is 3. The zero-order valence-electron chi connectivity index (χ0n) is 17.0. The highest BCUT2D eigenvalue weighted by Gasteiger charge is 2.47. The molecule has 0 bridgehead atoms. The second-order valence-electron chi connectivity index (χ2n) is 7.55. The van der Waals surface area contributed by atoms with E-state index in [9.17, 15) is 14.7 Å². The third kappa shape index (κ3) is 3.41. The van der Waals surface area contributed by atoms with Gasteiger partial charge in [-0.1, -0.05) is 17.7 Å². The number of carbonyl (C=O) groups is 2. The van der Waals surface area contributed by atoms with Gasteiger partial charge in [-0.15, -0.1) is 0 Å². The first-order valence-corrected chi connectivity index (χ1v) is 9.68. The number of aliphatic hydroxyl groups is 1. The quantitative estimate of drug-likeness (QED) is 0.401. The van der Waals surface area contributed by atoms with Crippen molar-refractivity contribution < 1.29 is 19.1 Å². The summed E-state index contributed by atoms with van der Waals surface area (Å²) >= 11 is 0. The monoisotopic (exact) mass is 402 g/mol. The Bertz CT molecular complexity index is 1160. The first-order chi connectivity index (χ1) is 14.4. The van der Waals surface area contributed by atoms with Gasteiger partial charge in [-0.3, -0.25) is 14.6 Å². The van der Waals surface area contributed by atoms with Crippen molar-refractivity contribution in [1.82, 2.24) is 9.88 Å². The minimum Gasteiger partial charge on any atom is -0.507 e. The number of aliphatic hydroxyl groups excluding tert-OH is 1. The molecule has 0 aliphatic carbocycles. The summed E-state index contributed by atoms with van der Waals surface area (Å²) in [6, 6.07) is 11.9. The molecule has 1 fully saturated rings. The molecular weight excluding hydrogens is 380 g/mol. The van der Waals surface area contributed by atoms with Gasteiger partial charge in [0.05, 0.1) is 5.57 Å². The zero-order chi connectivity index (χ0) is 21.4. The summed E-state index contributed by atoms with van der Waals surface area (Å²) in [5.41, 5.74) is 3.15. The van der Waals surface area contributed by atoms with Gasteiger partial charge < -0.3 is 14.4 Å². The number of carbonyl (C=O) groups excluding carboxylic acids is 2. The summed E-state index contributed by atoms with van der Waals surface area (Å²) in [6.45, 7) is 5.75. The maximum atomic E-state index is 13.0. The Morgan fingerprint density at radius 3 is 2.47 bits per heavy atom. The Morgan fingerprint density at radius 2 is 1.80 bits per heavy atom. The molecule has 2 aromatic heterocycles. The van der Waals surface area contributed by atoms with Crippen molar-refractivity contribution in [3.05, 3.63) is 94.2 Å². The first-order valence-electron chi connectivity index (χ1n) is 9.68. The highest BCUT2D eigenvalue weighted by molar-refractivity contribution is 6.46. The van der Waals surface area contributed by atoms with Crippen molar-refractivity contribution >= 4 is 17.4 Å². The van der Waals surface area contributed by atoms with E-state index in [0.717, 1.165) is 16.7 Å². The number of hydrogen-bond acceptors (Lipinski definition) is 5. The molecule has 0 spiro atoms. The van der Waals surface area contributed by atoms with Gasteiger partial charge in [0.25, 0.3) is 11.7 Å².